The Bertz CT molecular complexity index is 445. The van der Waals surface area contributed by atoms with Crippen LogP contribution in [-0.4, -0.2) is 54.2 Å². The molecule has 4 atom stereocenters. The summed E-state index contributed by atoms with van der Waals surface area (Å²) < 4.78 is 16.1. The highest BCUT2D eigenvalue weighted by molar-refractivity contribution is 5.81. The second kappa shape index (κ2) is 9.38. The van der Waals surface area contributed by atoms with Crippen molar-refractivity contribution in [3.8, 4) is 0 Å². The molecule has 1 aliphatic heterocycles. The van der Waals surface area contributed by atoms with E-state index in [1.54, 1.807) is 27.7 Å². The lowest BCUT2D eigenvalue weighted by Gasteiger charge is -2.28. The van der Waals surface area contributed by atoms with E-state index in [9.17, 15) is 14.7 Å². The minimum atomic E-state index is -0.964. The molecular formula is C18H33NO6. The summed E-state index contributed by atoms with van der Waals surface area (Å²) in [5.74, 6) is -0.293. The summed E-state index contributed by atoms with van der Waals surface area (Å²) in [4.78, 5) is 24.3. The van der Waals surface area contributed by atoms with E-state index in [-0.39, 0.29) is 19.1 Å². The topological polar surface area (TPSA) is 94.1 Å². The standard InChI is InChI=1S/C18H33NO6/c1-11(2)7-8-13-12(3)24-16(21)14(9-23-10-15(13)20)19-17(22)25-18(4,5)6/h11-15,20H,7-10H2,1-6H3,(H,19,22)/t12-,13-,14?,15-/m0/s1. The molecule has 146 valence electrons. The molecular weight excluding hydrogens is 326 g/mol. The molecule has 1 fully saturated rings. The zero-order valence-corrected chi connectivity index (χ0v) is 16.2. The van der Waals surface area contributed by atoms with E-state index >= 15 is 0 Å². The zero-order chi connectivity index (χ0) is 19.2. The number of amides is 1. The first kappa shape index (κ1) is 21.7. The largest absolute Gasteiger partial charge is 0.461 e. The molecule has 7 heteroatoms. The zero-order valence-electron chi connectivity index (χ0n) is 16.2. The minimum absolute atomic E-state index is 0.0707. The third kappa shape index (κ3) is 8.05. The maximum atomic E-state index is 12.4. The van der Waals surface area contributed by atoms with E-state index in [2.05, 4.69) is 19.2 Å². The monoisotopic (exact) mass is 359 g/mol. The van der Waals surface area contributed by atoms with Gasteiger partial charge in [0.1, 0.15) is 11.7 Å². The van der Waals surface area contributed by atoms with Gasteiger partial charge in [-0.15, -0.1) is 0 Å². The van der Waals surface area contributed by atoms with E-state index in [4.69, 9.17) is 14.2 Å². The second-order valence-corrected chi connectivity index (χ2v) is 8.08. The van der Waals surface area contributed by atoms with Crippen molar-refractivity contribution in [1.82, 2.24) is 5.32 Å². The normalized spacial score (nSPS) is 28.6. The van der Waals surface area contributed by atoms with Crippen molar-refractivity contribution >= 4 is 12.1 Å². The molecule has 0 saturated carbocycles. The van der Waals surface area contributed by atoms with Crippen molar-refractivity contribution in [2.45, 2.75) is 78.2 Å². The first-order valence-corrected chi connectivity index (χ1v) is 8.95. The van der Waals surface area contributed by atoms with Crippen molar-refractivity contribution in [2.24, 2.45) is 11.8 Å². The number of ether oxygens (including phenoxy) is 3. The van der Waals surface area contributed by atoms with Gasteiger partial charge in [-0.25, -0.2) is 9.59 Å². The van der Waals surface area contributed by atoms with Crippen molar-refractivity contribution in [3.63, 3.8) is 0 Å². The lowest BCUT2D eigenvalue weighted by molar-refractivity contribution is -0.155. The van der Waals surface area contributed by atoms with Gasteiger partial charge in [0, 0.05) is 5.92 Å². The number of aliphatic hydroxyl groups is 1. The van der Waals surface area contributed by atoms with Gasteiger partial charge in [0.2, 0.25) is 0 Å². The van der Waals surface area contributed by atoms with Gasteiger partial charge in [-0.3, -0.25) is 0 Å². The predicted octanol–water partition coefficient (Wildman–Crippen LogP) is 2.25. The van der Waals surface area contributed by atoms with Gasteiger partial charge in [-0.1, -0.05) is 20.3 Å². The molecule has 0 aromatic rings. The number of nitrogens with one attached hydrogen (secondary N) is 1. The molecule has 0 radical (unpaired) electrons. The Morgan fingerprint density at radius 1 is 1.36 bits per heavy atom. The Hall–Kier alpha value is -1.34. The van der Waals surface area contributed by atoms with Gasteiger partial charge in [0.25, 0.3) is 0 Å². The highest BCUT2D eigenvalue weighted by atomic mass is 16.6. The molecule has 1 saturated heterocycles. The Labute approximate surface area is 150 Å². The lowest BCUT2D eigenvalue weighted by atomic mass is 9.89. The maximum Gasteiger partial charge on any atom is 0.408 e. The van der Waals surface area contributed by atoms with Gasteiger partial charge in [-0.2, -0.15) is 0 Å². The Kier molecular flexibility index (Phi) is 8.15. The molecule has 7 nitrogen and oxygen atoms in total. The van der Waals surface area contributed by atoms with Crippen LogP contribution in [0.3, 0.4) is 0 Å². The molecule has 1 unspecified atom stereocenters. The fourth-order valence-corrected chi connectivity index (χ4v) is 2.67. The Morgan fingerprint density at radius 2 is 2.00 bits per heavy atom. The number of hydrogen-bond acceptors (Lipinski definition) is 6. The third-order valence-corrected chi connectivity index (χ3v) is 4.03. The maximum absolute atomic E-state index is 12.4. The van der Waals surface area contributed by atoms with Crippen LogP contribution in [0.25, 0.3) is 0 Å². The van der Waals surface area contributed by atoms with E-state index in [0.29, 0.717) is 5.92 Å². The summed E-state index contributed by atoms with van der Waals surface area (Å²) in [5, 5.41) is 12.8. The summed E-state index contributed by atoms with van der Waals surface area (Å²) in [5.41, 5.74) is -0.668. The van der Waals surface area contributed by atoms with Gasteiger partial charge in [0.15, 0.2) is 6.04 Å². The van der Waals surface area contributed by atoms with Crippen LogP contribution in [0.5, 0.6) is 0 Å². The molecule has 0 aromatic heterocycles. The molecule has 0 spiro atoms. The van der Waals surface area contributed by atoms with Crippen LogP contribution in [0.15, 0.2) is 0 Å². The number of rotatable bonds is 4. The van der Waals surface area contributed by atoms with Crippen LogP contribution in [0.4, 0.5) is 4.79 Å². The highest BCUT2D eigenvalue weighted by Crippen LogP contribution is 2.23. The third-order valence-electron chi connectivity index (χ3n) is 4.03. The van der Waals surface area contributed by atoms with Crippen LogP contribution in [0, 0.1) is 11.8 Å². The smallest absolute Gasteiger partial charge is 0.408 e. The summed E-state index contributed by atoms with van der Waals surface area (Å²) in [6.45, 7) is 11.2. The quantitative estimate of drug-likeness (QED) is 0.748. The van der Waals surface area contributed by atoms with Crippen molar-refractivity contribution in [2.75, 3.05) is 13.2 Å². The summed E-state index contributed by atoms with van der Waals surface area (Å²) in [7, 11) is 0. The first-order valence-electron chi connectivity index (χ1n) is 8.95. The van der Waals surface area contributed by atoms with Gasteiger partial charge < -0.3 is 24.6 Å². The lowest BCUT2D eigenvalue weighted by Crippen LogP contribution is -2.47. The van der Waals surface area contributed by atoms with Crippen LogP contribution in [0.2, 0.25) is 0 Å². The van der Waals surface area contributed by atoms with E-state index in [1.165, 1.54) is 0 Å². The van der Waals surface area contributed by atoms with E-state index in [1.807, 2.05) is 0 Å². The van der Waals surface area contributed by atoms with Gasteiger partial charge in [-0.05, 0) is 40.0 Å². The number of alkyl carbamates (subject to hydrolysis) is 1. The first-order chi connectivity index (χ1) is 11.5. The number of carbonyl (C=O) groups excluding carboxylic acids is 2. The molecule has 0 aromatic carbocycles. The number of carbonyl (C=O) groups is 2. The summed E-state index contributed by atoms with van der Waals surface area (Å²) in [6, 6.07) is -0.964. The van der Waals surface area contributed by atoms with Crippen LogP contribution in [0.1, 0.15) is 54.4 Å². The number of cyclic esters (lactones) is 1. The number of aliphatic hydroxyl groups excluding tert-OH is 1. The fourth-order valence-electron chi connectivity index (χ4n) is 2.67. The van der Waals surface area contributed by atoms with E-state index < -0.39 is 35.9 Å². The molecule has 0 bridgehead atoms. The van der Waals surface area contributed by atoms with Gasteiger partial charge in [0.05, 0.1) is 19.3 Å². The molecule has 2 N–H and O–H groups in total. The summed E-state index contributed by atoms with van der Waals surface area (Å²) in [6.07, 6.45) is -0.237. The van der Waals surface area contributed by atoms with Crippen molar-refractivity contribution in [1.29, 1.82) is 0 Å². The second-order valence-electron chi connectivity index (χ2n) is 8.08. The molecule has 1 heterocycles. The molecule has 1 aliphatic rings. The van der Waals surface area contributed by atoms with Crippen LogP contribution >= 0.6 is 0 Å². The Balaban J connectivity index is 2.73. The fraction of sp³-hybridized carbons (Fsp3) is 0.889. The van der Waals surface area contributed by atoms with Crippen LogP contribution < -0.4 is 5.32 Å². The minimum Gasteiger partial charge on any atom is -0.461 e. The number of esters is 1. The van der Waals surface area contributed by atoms with Crippen molar-refractivity contribution < 1.29 is 28.9 Å². The molecule has 1 amide bonds. The average Bonchev–Trinajstić information content (AvgIpc) is 2.47. The Morgan fingerprint density at radius 3 is 2.56 bits per heavy atom. The average molecular weight is 359 g/mol. The molecule has 25 heavy (non-hydrogen) atoms. The van der Waals surface area contributed by atoms with E-state index in [0.717, 1.165) is 12.8 Å². The van der Waals surface area contributed by atoms with Crippen molar-refractivity contribution in [3.05, 3.63) is 0 Å². The van der Waals surface area contributed by atoms with Gasteiger partial charge >= 0.3 is 12.1 Å². The molecule has 1 rings (SSSR count). The SMILES string of the molecule is CC(C)CC[C@H]1[C@H](C)OC(=O)C(NC(=O)OC(C)(C)C)COC[C@@H]1O. The number of hydrogen-bond donors (Lipinski definition) is 2. The molecule has 0 aliphatic carbocycles. The summed E-state index contributed by atoms with van der Waals surface area (Å²) >= 11 is 0. The highest BCUT2D eigenvalue weighted by Gasteiger charge is 2.34. The predicted molar refractivity (Wildman–Crippen MR) is 93.1 cm³/mol. The van der Waals surface area contributed by atoms with Crippen LogP contribution in [-0.2, 0) is 19.0 Å².